The molecule has 1 aromatic carbocycles. The van der Waals surface area contributed by atoms with Crippen molar-refractivity contribution in [2.24, 2.45) is 5.73 Å². The van der Waals surface area contributed by atoms with Gasteiger partial charge in [0.1, 0.15) is 0 Å². The van der Waals surface area contributed by atoms with Gasteiger partial charge in [0.2, 0.25) is 0 Å². The fraction of sp³-hybridized carbons (Fsp3) is 0.350. The minimum Gasteiger partial charge on any atom is -0.350 e. The maximum atomic E-state index is 13.1. The fourth-order valence-corrected chi connectivity index (χ4v) is 3.07. The highest BCUT2D eigenvalue weighted by Crippen LogP contribution is 2.33. The van der Waals surface area contributed by atoms with Gasteiger partial charge in [-0.05, 0) is 31.5 Å². The summed E-state index contributed by atoms with van der Waals surface area (Å²) in [5.74, 6) is -0.413. The van der Waals surface area contributed by atoms with E-state index in [0.29, 0.717) is 11.1 Å². The molecule has 0 aliphatic rings. The number of nitrogens with zero attached hydrogens (tertiary/aromatic N) is 2. The maximum absolute atomic E-state index is 13.1. The third-order valence-electron chi connectivity index (χ3n) is 4.53. The van der Waals surface area contributed by atoms with Crippen molar-refractivity contribution in [3.8, 4) is 11.3 Å². The Bertz CT molecular complexity index is 1040. The summed E-state index contributed by atoms with van der Waals surface area (Å²) in [5.41, 5.74) is 6.32. The number of amides is 1. The number of carbonyl (C=O) groups excluding carboxylic acids is 1. The van der Waals surface area contributed by atoms with Crippen LogP contribution in [-0.4, -0.2) is 28.6 Å². The smallest absolute Gasteiger partial charge is 0.350 e. The van der Waals surface area contributed by atoms with Crippen molar-refractivity contribution < 1.29 is 22.5 Å². The number of alkyl halides is 3. The molecule has 1 amide bonds. The molecule has 0 spiro atoms. The molecule has 6 nitrogen and oxygen atoms in total. The van der Waals surface area contributed by atoms with E-state index in [1.807, 2.05) is 6.92 Å². The number of nitrogens with two attached hydrogens (primary N) is 1. The van der Waals surface area contributed by atoms with Crippen LogP contribution in [0.1, 0.15) is 41.4 Å². The third-order valence-corrected chi connectivity index (χ3v) is 4.53. The van der Waals surface area contributed by atoms with Crippen LogP contribution in [0, 0.1) is 6.92 Å². The zero-order valence-corrected chi connectivity index (χ0v) is 17.2. The molecule has 0 aliphatic heterocycles. The molecule has 162 valence electrons. The predicted octanol–water partition coefficient (Wildman–Crippen LogP) is 4.50. The summed E-state index contributed by atoms with van der Waals surface area (Å²) in [6.45, 7) is 3.94. The van der Waals surface area contributed by atoms with Crippen molar-refractivity contribution >= 4 is 29.4 Å². The van der Waals surface area contributed by atoms with Gasteiger partial charge in [-0.15, -0.1) is 12.4 Å². The lowest BCUT2D eigenvalue weighted by atomic mass is 10.0. The second-order valence-corrected chi connectivity index (χ2v) is 6.84. The van der Waals surface area contributed by atoms with Gasteiger partial charge in [0.25, 0.3) is 11.6 Å². The van der Waals surface area contributed by atoms with Gasteiger partial charge in [-0.3, -0.25) is 4.79 Å². The molecule has 10 heteroatoms. The number of halogens is 4. The van der Waals surface area contributed by atoms with Gasteiger partial charge in [-0.1, -0.05) is 30.6 Å². The lowest BCUT2D eigenvalue weighted by Crippen LogP contribution is -2.37. The molecule has 3 N–H and O–H groups in total. The Labute approximate surface area is 177 Å². The molecule has 3 aromatic rings. The Morgan fingerprint density at radius 2 is 2.03 bits per heavy atom. The molecule has 3 rings (SSSR count). The van der Waals surface area contributed by atoms with E-state index >= 15 is 0 Å². The van der Waals surface area contributed by atoms with E-state index in [4.69, 9.17) is 10.3 Å². The third kappa shape index (κ3) is 5.09. The van der Waals surface area contributed by atoms with E-state index in [1.165, 1.54) is 18.2 Å². The second kappa shape index (κ2) is 9.44. The highest BCUT2D eigenvalue weighted by Gasteiger charge is 2.30. The highest BCUT2D eigenvalue weighted by molar-refractivity contribution is 6.07. The number of aromatic nitrogens is 2. The topological polar surface area (TPSA) is 94.0 Å². The summed E-state index contributed by atoms with van der Waals surface area (Å²) < 4.78 is 44.4. The highest BCUT2D eigenvalue weighted by atomic mass is 35.5. The number of nitrogens with one attached hydrogen (secondary N) is 1. The first-order valence-corrected chi connectivity index (χ1v) is 9.19. The van der Waals surface area contributed by atoms with Gasteiger partial charge in [-0.2, -0.15) is 13.2 Å². The van der Waals surface area contributed by atoms with Gasteiger partial charge in [0.15, 0.2) is 0 Å². The van der Waals surface area contributed by atoms with Crippen molar-refractivity contribution in [1.29, 1.82) is 0 Å². The van der Waals surface area contributed by atoms with Crippen LogP contribution in [0.15, 0.2) is 34.9 Å². The number of fused-ring (bicyclic) bond motifs is 1. The summed E-state index contributed by atoms with van der Waals surface area (Å²) in [4.78, 5) is 17.0. The van der Waals surface area contributed by atoms with Gasteiger partial charge in [-0.25, -0.2) is 4.98 Å². The van der Waals surface area contributed by atoms with Crippen molar-refractivity contribution in [2.75, 3.05) is 6.54 Å². The number of aryl methyl sites for hydroxylation is 1. The number of hydrogen-bond donors (Lipinski definition) is 2. The summed E-state index contributed by atoms with van der Waals surface area (Å²) in [6, 6.07) is 6.00. The van der Waals surface area contributed by atoms with Crippen molar-refractivity contribution in [3.63, 3.8) is 0 Å². The minimum atomic E-state index is -4.49. The molecule has 0 bridgehead atoms. The first kappa shape index (κ1) is 23.6. The van der Waals surface area contributed by atoms with Gasteiger partial charge in [0, 0.05) is 18.2 Å². The molecule has 0 fully saturated rings. The molecule has 30 heavy (non-hydrogen) atoms. The normalized spacial score (nSPS) is 12.5. The molecule has 1 unspecified atom stereocenters. The van der Waals surface area contributed by atoms with Crippen molar-refractivity contribution in [1.82, 2.24) is 15.5 Å². The Morgan fingerprint density at radius 1 is 1.30 bits per heavy atom. The molecule has 0 radical (unpaired) electrons. The monoisotopic (exact) mass is 442 g/mol. The molecule has 1 atom stereocenters. The Balaban J connectivity index is 0.00000320. The molecule has 0 saturated heterocycles. The van der Waals surface area contributed by atoms with Gasteiger partial charge < -0.3 is 15.6 Å². The van der Waals surface area contributed by atoms with Crippen molar-refractivity contribution in [3.05, 3.63) is 47.2 Å². The predicted molar refractivity (Wildman–Crippen MR) is 109 cm³/mol. The molecule has 2 aromatic heterocycles. The first-order valence-electron chi connectivity index (χ1n) is 9.19. The Hall–Kier alpha value is -2.65. The van der Waals surface area contributed by atoms with Gasteiger partial charge >= 0.3 is 6.18 Å². The Kier molecular flexibility index (Phi) is 7.44. The van der Waals surface area contributed by atoms with Crippen LogP contribution < -0.4 is 11.1 Å². The standard InChI is InChI=1S/C20H21F3N4O2.ClH/c1-3-5-14(24)10-25-18(28)15-9-16(26-19-17(15)11(2)27-29-19)12-6-4-7-13(8-12)20(21,22)23;/h4,6-9,14H,3,5,10,24H2,1-2H3,(H,25,28);1H. The average Bonchev–Trinajstić information content (AvgIpc) is 3.06. The zero-order valence-electron chi connectivity index (χ0n) is 16.4. The lowest BCUT2D eigenvalue weighted by molar-refractivity contribution is -0.137. The average molecular weight is 443 g/mol. The molecule has 2 heterocycles. The second-order valence-electron chi connectivity index (χ2n) is 6.84. The summed E-state index contributed by atoms with van der Waals surface area (Å²) >= 11 is 0. The molecule has 0 saturated carbocycles. The number of rotatable bonds is 6. The van der Waals surface area contributed by atoms with Crippen LogP contribution in [0.2, 0.25) is 0 Å². The minimum absolute atomic E-state index is 0. The molecular formula is C20H22ClF3N4O2. The van der Waals surface area contributed by atoms with E-state index in [1.54, 1.807) is 6.92 Å². The number of benzene rings is 1. The first-order chi connectivity index (χ1) is 13.7. The zero-order chi connectivity index (χ0) is 21.2. The molecule has 0 aliphatic carbocycles. The quantitative estimate of drug-likeness (QED) is 0.586. The SMILES string of the molecule is CCCC(N)CNC(=O)c1cc(-c2cccc(C(F)(F)F)c2)nc2onc(C)c12.Cl. The van der Waals surface area contributed by atoms with E-state index in [0.717, 1.165) is 25.0 Å². The van der Waals surface area contributed by atoms with Crippen LogP contribution in [0.4, 0.5) is 13.2 Å². The van der Waals surface area contributed by atoms with Crippen LogP contribution >= 0.6 is 12.4 Å². The summed E-state index contributed by atoms with van der Waals surface area (Å²) in [6.07, 6.45) is -2.84. The number of pyridine rings is 1. The number of carbonyl (C=O) groups is 1. The van der Waals surface area contributed by atoms with Crippen LogP contribution in [0.3, 0.4) is 0 Å². The fourth-order valence-electron chi connectivity index (χ4n) is 3.07. The van der Waals surface area contributed by atoms with Crippen molar-refractivity contribution in [2.45, 2.75) is 38.9 Å². The van der Waals surface area contributed by atoms with E-state index in [2.05, 4.69) is 15.5 Å². The summed E-state index contributed by atoms with van der Waals surface area (Å²) in [7, 11) is 0. The van der Waals surface area contributed by atoms with Gasteiger partial charge in [0.05, 0.1) is 27.9 Å². The van der Waals surface area contributed by atoms with Crippen LogP contribution in [0.5, 0.6) is 0 Å². The van der Waals surface area contributed by atoms with E-state index in [9.17, 15) is 18.0 Å². The van der Waals surface area contributed by atoms with E-state index in [-0.39, 0.29) is 47.5 Å². The van der Waals surface area contributed by atoms with Crippen LogP contribution in [0.25, 0.3) is 22.4 Å². The molecular weight excluding hydrogens is 421 g/mol. The van der Waals surface area contributed by atoms with E-state index < -0.39 is 17.6 Å². The summed E-state index contributed by atoms with van der Waals surface area (Å²) in [5, 5.41) is 7.02. The largest absolute Gasteiger partial charge is 0.416 e. The number of hydrogen-bond acceptors (Lipinski definition) is 5. The lowest BCUT2D eigenvalue weighted by Gasteiger charge is -2.13. The maximum Gasteiger partial charge on any atom is 0.416 e. The Morgan fingerprint density at radius 3 is 2.70 bits per heavy atom. The van der Waals surface area contributed by atoms with Crippen LogP contribution in [-0.2, 0) is 6.18 Å².